The second-order valence-corrected chi connectivity index (χ2v) is 6.10. The number of aromatic nitrogens is 2. The molecule has 0 aliphatic rings. The summed E-state index contributed by atoms with van der Waals surface area (Å²) in [4.78, 5) is 6.47. The molecule has 6 heteroatoms. The van der Waals surface area contributed by atoms with Gasteiger partial charge in [-0.05, 0) is 25.8 Å². The van der Waals surface area contributed by atoms with E-state index < -0.39 is 0 Å². The van der Waals surface area contributed by atoms with Crippen molar-refractivity contribution in [3.05, 3.63) is 52.8 Å². The van der Waals surface area contributed by atoms with Gasteiger partial charge in [0, 0.05) is 46.0 Å². The van der Waals surface area contributed by atoms with E-state index in [4.69, 9.17) is 0 Å². The molecule has 24 heavy (non-hydrogen) atoms. The van der Waals surface area contributed by atoms with Crippen LogP contribution in [0.3, 0.4) is 0 Å². The van der Waals surface area contributed by atoms with Crippen LogP contribution in [0.4, 0.5) is 0 Å². The zero-order valence-corrected chi connectivity index (χ0v) is 17.5. The molecule has 0 saturated heterocycles. The van der Waals surface area contributed by atoms with Crippen molar-refractivity contribution in [3.63, 3.8) is 0 Å². The first kappa shape index (κ1) is 20.5. The van der Waals surface area contributed by atoms with Crippen LogP contribution >= 0.6 is 24.0 Å². The first-order valence-corrected chi connectivity index (χ1v) is 7.94. The third-order valence-corrected chi connectivity index (χ3v) is 3.73. The molecule has 0 bridgehead atoms. The van der Waals surface area contributed by atoms with Gasteiger partial charge in [0.25, 0.3) is 0 Å². The highest BCUT2D eigenvalue weighted by Crippen LogP contribution is 2.09. The highest BCUT2D eigenvalue weighted by Gasteiger charge is 2.07. The number of benzene rings is 1. The second-order valence-electron chi connectivity index (χ2n) is 6.10. The molecule has 1 aromatic carbocycles. The lowest BCUT2D eigenvalue weighted by Crippen LogP contribution is -2.39. The molecule has 1 aromatic heterocycles. The van der Waals surface area contributed by atoms with Gasteiger partial charge in [0.05, 0.1) is 6.20 Å². The summed E-state index contributed by atoms with van der Waals surface area (Å²) in [5, 5.41) is 7.64. The molecule has 5 nitrogen and oxygen atoms in total. The molecule has 0 saturated carbocycles. The number of hydrogen-bond donors (Lipinski definition) is 1. The minimum Gasteiger partial charge on any atom is -0.356 e. The van der Waals surface area contributed by atoms with E-state index >= 15 is 0 Å². The topological polar surface area (TPSA) is 45.5 Å². The van der Waals surface area contributed by atoms with Gasteiger partial charge >= 0.3 is 0 Å². The van der Waals surface area contributed by atoms with E-state index in [1.807, 2.05) is 38.2 Å². The third kappa shape index (κ3) is 6.14. The van der Waals surface area contributed by atoms with Crippen LogP contribution in [0.15, 0.2) is 35.6 Å². The van der Waals surface area contributed by atoms with Crippen molar-refractivity contribution < 1.29 is 0 Å². The average Bonchev–Trinajstić information content (AvgIpc) is 2.87. The molecule has 0 radical (unpaired) electrons. The van der Waals surface area contributed by atoms with Gasteiger partial charge in [-0.3, -0.25) is 9.67 Å². The number of aliphatic imine (C=N–C) groups is 1. The van der Waals surface area contributed by atoms with Crippen LogP contribution in [0.25, 0.3) is 0 Å². The summed E-state index contributed by atoms with van der Waals surface area (Å²) < 4.78 is 1.82. The number of aryl methyl sites for hydroxylation is 3. The van der Waals surface area contributed by atoms with E-state index in [1.165, 1.54) is 22.3 Å². The number of nitrogens with zero attached hydrogens (tertiary/aromatic N) is 4. The molecule has 2 aromatic rings. The number of nitrogens with one attached hydrogen (secondary N) is 1. The van der Waals surface area contributed by atoms with E-state index in [1.54, 1.807) is 0 Å². The van der Waals surface area contributed by atoms with E-state index in [9.17, 15) is 0 Å². The van der Waals surface area contributed by atoms with E-state index in [-0.39, 0.29) is 24.0 Å². The van der Waals surface area contributed by atoms with Gasteiger partial charge in [-0.2, -0.15) is 5.10 Å². The van der Waals surface area contributed by atoms with E-state index in [0.29, 0.717) is 0 Å². The largest absolute Gasteiger partial charge is 0.356 e. The summed E-state index contributed by atoms with van der Waals surface area (Å²) in [6.07, 6.45) is 4.90. The number of rotatable bonds is 5. The normalized spacial score (nSPS) is 11.1. The SMILES string of the molecule is CN=C(NCCc1cc(C)cc(C)c1)N(C)Cc1cnn(C)c1.I. The Morgan fingerprint density at radius 2 is 1.88 bits per heavy atom. The first-order valence-electron chi connectivity index (χ1n) is 7.94. The average molecular weight is 441 g/mol. The van der Waals surface area contributed by atoms with Gasteiger partial charge < -0.3 is 10.2 Å². The van der Waals surface area contributed by atoms with Gasteiger partial charge in [-0.25, -0.2) is 0 Å². The molecular weight excluding hydrogens is 413 g/mol. The summed E-state index contributed by atoms with van der Waals surface area (Å²) in [5.41, 5.74) is 5.17. The predicted molar refractivity (Wildman–Crippen MR) is 111 cm³/mol. The molecule has 0 atom stereocenters. The molecule has 0 fully saturated rings. The lowest BCUT2D eigenvalue weighted by Gasteiger charge is -2.21. The molecule has 1 N–H and O–H groups in total. The molecule has 0 spiro atoms. The van der Waals surface area contributed by atoms with Crippen molar-refractivity contribution in [1.82, 2.24) is 20.0 Å². The van der Waals surface area contributed by atoms with Crippen LogP contribution < -0.4 is 5.32 Å². The Morgan fingerprint density at radius 1 is 1.21 bits per heavy atom. The summed E-state index contributed by atoms with van der Waals surface area (Å²) in [6, 6.07) is 6.70. The Kier molecular flexibility index (Phi) is 8.24. The highest BCUT2D eigenvalue weighted by atomic mass is 127. The van der Waals surface area contributed by atoms with Crippen molar-refractivity contribution >= 4 is 29.9 Å². The van der Waals surface area contributed by atoms with Crippen molar-refractivity contribution in [2.24, 2.45) is 12.0 Å². The van der Waals surface area contributed by atoms with Gasteiger partial charge in [-0.15, -0.1) is 24.0 Å². The maximum absolute atomic E-state index is 4.36. The monoisotopic (exact) mass is 441 g/mol. The van der Waals surface area contributed by atoms with Gasteiger partial charge in [0.1, 0.15) is 0 Å². The summed E-state index contributed by atoms with van der Waals surface area (Å²) in [5.74, 6) is 0.901. The van der Waals surface area contributed by atoms with Gasteiger partial charge in [-0.1, -0.05) is 29.3 Å². The summed E-state index contributed by atoms with van der Waals surface area (Å²) >= 11 is 0. The Balaban J connectivity index is 0.00000288. The van der Waals surface area contributed by atoms with Crippen molar-refractivity contribution in [1.29, 1.82) is 0 Å². The number of guanidine groups is 1. The van der Waals surface area contributed by atoms with Crippen molar-refractivity contribution in [2.75, 3.05) is 20.6 Å². The standard InChI is InChI=1S/C18H27N5.HI/c1-14-8-15(2)10-16(9-14)6-7-20-18(19-3)22(4)12-17-11-21-23(5)13-17;/h8-11,13H,6-7,12H2,1-5H3,(H,19,20);1H. The lowest BCUT2D eigenvalue weighted by atomic mass is 10.1. The van der Waals surface area contributed by atoms with E-state index in [2.05, 4.69) is 52.4 Å². The van der Waals surface area contributed by atoms with Gasteiger partial charge in [0.15, 0.2) is 5.96 Å². The summed E-state index contributed by atoms with van der Waals surface area (Å²) in [7, 11) is 5.79. The van der Waals surface area contributed by atoms with Crippen molar-refractivity contribution in [2.45, 2.75) is 26.8 Å². The van der Waals surface area contributed by atoms with Crippen LogP contribution in [0.1, 0.15) is 22.3 Å². The van der Waals surface area contributed by atoms with Crippen LogP contribution in [0.5, 0.6) is 0 Å². The fourth-order valence-corrected chi connectivity index (χ4v) is 2.82. The van der Waals surface area contributed by atoms with Crippen LogP contribution in [-0.4, -0.2) is 41.3 Å². The quantitative estimate of drug-likeness (QED) is 0.441. The Bertz CT molecular complexity index is 658. The minimum atomic E-state index is 0. The molecule has 0 amide bonds. The highest BCUT2D eigenvalue weighted by molar-refractivity contribution is 14.0. The van der Waals surface area contributed by atoms with Gasteiger partial charge in [0.2, 0.25) is 0 Å². The molecule has 1 heterocycles. The molecule has 0 aliphatic heterocycles. The first-order chi connectivity index (χ1) is 11.0. The predicted octanol–water partition coefficient (Wildman–Crippen LogP) is 2.90. The van der Waals surface area contributed by atoms with E-state index in [0.717, 1.165) is 25.5 Å². The molecule has 0 aliphatic carbocycles. The third-order valence-electron chi connectivity index (χ3n) is 3.73. The zero-order chi connectivity index (χ0) is 16.8. The zero-order valence-electron chi connectivity index (χ0n) is 15.2. The fourth-order valence-electron chi connectivity index (χ4n) is 2.82. The van der Waals surface area contributed by atoms with Crippen LogP contribution in [0, 0.1) is 13.8 Å². The Hall–Kier alpha value is -1.57. The smallest absolute Gasteiger partial charge is 0.193 e. The number of hydrogen-bond acceptors (Lipinski definition) is 2. The Morgan fingerprint density at radius 3 is 2.42 bits per heavy atom. The minimum absolute atomic E-state index is 0. The lowest BCUT2D eigenvalue weighted by molar-refractivity contribution is 0.477. The summed E-state index contributed by atoms with van der Waals surface area (Å²) in [6.45, 7) is 5.94. The molecule has 0 unspecified atom stereocenters. The molecule has 132 valence electrons. The number of halogens is 1. The molecule has 2 rings (SSSR count). The maximum atomic E-state index is 4.36. The fraction of sp³-hybridized carbons (Fsp3) is 0.444. The van der Waals surface area contributed by atoms with Crippen LogP contribution in [-0.2, 0) is 20.0 Å². The van der Waals surface area contributed by atoms with Crippen LogP contribution in [0.2, 0.25) is 0 Å². The second kappa shape index (κ2) is 9.66. The maximum Gasteiger partial charge on any atom is 0.193 e. The molecular formula is C18H28IN5. The Labute approximate surface area is 162 Å². The van der Waals surface area contributed by atoms with Crippen molar-refractivity contribution in [3.8, 4) is 0 Å².